The minimum Gasteiger partial charge on any atom is -0.332 e. The van der Waals surface area contributed by atoms with Crippen molar-refractivity contribution in [1.29, 1.82) is 0 Å². The van der Waals surface area contributed by atoms with E-state index in [2.05, 4.69) is 42.8 Å². The van der Waals surface area contributed by atoms with Gasteiger partial charge < -0.3 is 15.1 Å². The topological polar surface area (TPSA) is 55.9 Å². The van der Waals surface area contributed by atoms with Crippen LogP contribution in [0.15, 0.2) is 36.1 Å². The van der Waals surface area contributed by atoms with Gasteiger partial charge in [-0.2, -0.15) is 0 Å². The maximum Gasteiger partial charge on any atom is 0.322 e. The average Bonchev–Trinajstić information content (AvgIpc) is 2.95. The fourth-order valence-corrected chi connectivity index (χ4v) is 3.90. The summed E-state index contributed by atoms with van der Waals surface area (Å²) in [5, 5.41) is 3.07. The molecule has 1 N–H and O–H groups in total. The van der Waals surface area contributed by atoms with Crippen LogP contribution in [0.4, 0.5) is 4.79 Å². The van der Waals surface area contributed by atoms with Gasteiger partial charge in [-0.05, 0) is 57.1 Å². The van der Waals surface area contributed by atoms with Gasteiger partial charge in [-0.25, -0.2) is 4.79 Å². The molecule has 1 atom stereocenters. The monoisotopic (exact) mass is 382 g/mol. The van der Waals surface area contributed by atoms with Gasteiger partial charge in [0.25, 0.3) is 5.91 Å². The summed E-state index contributed by atoms with van der Waals surface area (Å²) in [6.45, 7) is 12.2. The van der Waals surface area contributed by atoms with Crippen LogP contribution >= 0.6 is 0 Å². The molecule has 0 spiro atoms. The number of rotatable bonds is 6. The molecule has 6 nitrogen and oxygen atoms in total. The molecule has 0 aromatic heterocycles. The summed E-state index contributed by atoms with van der Waals surface area (Å²) >= 11 is 0. The van der Waals surface area contributed by atoms with Crippen molar-refractivity contribution in [2.45, 2.75) is 26.8 Å². The Morgan fingerprint density at radius 3 is 2.50 bits per heavy atom. The van der Waals surface area contributed by atoms with Crippen LogP contribution in [0.1, 0.15) is 28.3 Å². The number of urea groups is 1. The van der Waals surface area contributed by atoms with E-state index in [9.17, 15) is 9.59 Å². The molecule has 2 aliphatic heterocycles. The molecule has 0 radical (unpaired) electrons. The third kappa shape index (κ3) is 3.56. The van der Waals surface area contributed by atoms with E-state index in [-0.39, 0.29) is 11.9 Å². The highest BCUT2D eigenvalue weighted by Gasteiger charge is 2.43. The van der Waals surface area contributed by atoms with Crippen LogP contribution < -0.4 is 5.32 Å². The van der Waals surface area contributed by atoms with E-state index in [1.807, 2.05) is 25.9 Å². The smallest absolute Gasteiger partial charge is 0.322 e. The zero-order valence-corrected chi connectivity index (χ0v) is 17.5. The predicted octanol–water partition coefficient (Wildman–Crippen LogP) is 2.52. The van der Waals surface area contributed by atoms with Crippen molar-refractivity contribution in [3.05, 3.63) is 58.3 Å². The van der Waals surface area contributed by atoms with Crippen molar-refractivity contribution >= 4 is 11.9 Å². The van der Waals surface area contributed by atoms with Crippen molar-refractivity contribution < 1.29 is 9.59 Å². The Hall–Kier alpha value is -2.60. The standard InChI is InChI=1S/C22H30N4O2/c1-7-8-26-18-13-25(10-9-24(5)6)21(27)19(18)20(23-22(26)28)17-12-15(3)14(2)11-16(17)4/h7,11-12,20H,1,8-10,13H2,2-6H3,(H,23,28). The summed E-state index contributed by atoms with van der Waals surface area (Å²) in [6, 6.07) is 3.62. The zero-order valence-electron chi connectivity index (χ0n) is 17.5. The van der Waals surface area contributed by atoms with Gasteiger partial charge in [0, 0.05) is 19.6 Å². The lowest BCUT2D eigenvalue weighted by Gasteiger charge is -2.33. The largest absolute Gasteiger partial charge is 0.332 e. The Balaban J connectivity index is 2.05. The molecule has 1 aromatic carbocycles. The second-order valence-electron chi connectivity index (χ2n) is 7.97. The summed E-state index contributed by atoms with van der Waals surface area (Å²) < 4.78 is 0. The molecule has 0 aliphatic carbocycles. The van der Waals surface area contributed by atoms with Crippen LogP contribution in [0.3, 0.4) is 0 Å². The van der Waals surface area contributed by atoms with E-state index >= 15 is 0 Å². The summed E-state index contributed by atoms with van der Waals surface area (Å²) in [7, 11) is 3.98. The Bertz CT molecular complexity index is 856. The van der Waals surface area contributed by atoms with Crippen molar-refractivity contribution in [3.8, 4) is 0 Å². The molecule has 1 aromatic rings. The van der Waals surface area contributed by atoms with E-state index in [1.54, 1.807) is 11.0 Å². The maximum atomic E-state index is 13.3. The molecule has 2 aliphatic rings. The van der Waals surface area contributed by atoms with Crippen LogP contribution in [-0.2, 0) is 4.79 Å². The first-order valence-corrected chi connectivity index (χ1v) is 9.68. The number of hydrogen-bond acceptors (Lipinski definition) is 3. The van der Waals surface area contributed by atoms with E-state index in [0.717, 1.165) is 28.9 Å². The number of amides is 3. The SMILES string of the molecule is C=CCN1C(=O)NC(c2cc(C)c(C)cc2C)C2=C1CN(CCN(C)C)C2=O. The minimum absolute atomic E-state index is 0.00791. The predicted molar refractivity (Wildman–Crippen MR) is 111 cm³/mol. The maximum absolute atomic E-state index is 13.3. The van der Waals surface area contributed by atoms with Crippen molar-refractivity contribution in [2.75, 3.05) is 40.3 Å². The molecule has 2 heterocycles. The van der Waals surface area contributed by atoms with Crippen LogP contribution in [0, 0.1) is 20.8 Å². The van der Waals surface area contributed by atoms with E-state index < -0.39 is 6.04 Å². The lowest BCUT2D eigenvalue weighted by molar-refractivity contribution is -0.125. The van der Waals surface area contributed by atoms with Crippen molar-refractivity contribution in [3.63, 3.8) is 0 Å². The number of likely N-dealkylation sites (N-methyl/N-ethyl adjacent to an activating group) is 1. The number of carbonyl (C=O) groups excluding carboxylic acids is 2. The molecule has 3 amide bonds. The molecule has 1 unspecified atom stereocenters. The van der Waals surface area contributed by atoms with Crippen LogP contribution in [0.5, 0.6) is 0 Å². The number of aryl methyl sites for hydroxylation is 3. The number of nitrogens with zero attached hydrogens (tertiary/aromatic N) is 3. The van der Waals surface area contributed by atoms with Gasteiger partial charge in [0.05, 0.1) is 23.9 Å². The van der Waals surface area contributed by atoms with E-state index in [4.69, 9.17) is 0 Å². The zero-order chi connectivity index (χ0) is 20.6. The highest BCUT2D eigenvalue weighted by Crippen LogP contribution is 2.37. The Labute approximate surface area is 167 Å². The third-order valence-electron chi connectivity index (χ3n) is 5.62. The lowest BCUT2D eigenvalue weighted by atomic mass is 9.90. The number of carbonyl (C=O) groups is 2. The van der Waals surface area contributed by atoms with Gasteiger partial charge in [0.15, 0.2) is 0 Å². The highest BCUT2D eigenvalue weighted by molar-refractivity contribution is 6.01. The van der Waals surface area contributed by atoms with E-state index in [0.29, 0.717) is 25.2 Å². The molecule has 0 saturated heterocycles. The third-order valence-corrected chi connectivity index (χ3v) is 5.62. The van der Waals surface area contributed by atoms with Crippen LogP contribution in [0.25, 0.3) is 0 Å². The first kappa shape index (κ1) is 20.1. The Morgan fingerprint density at radius 2 is 1.86 bits per heavy atom. The summed E-state index contributed by atoms with van der Waals surface area (Å²) in [5.41, 5.74) is 5.92. The molecule has 150 valence electrons. The second kappa shape index (κ2) is 7.80. The molecule has 6 heteroatoms. The van der Waals surface area contributed by atoms with Gasteiger partial charge in [-0.15, -0.1) is 6.58 Å². The summed E-state index contributed by atoms with van der Waals surface area (Å²) in [5.74, 6) is 0.00791. The number of benzene rings is 1. The first-order valence-electron chi connectivity index (χ1n) is 9.68. The average molecular weight is 383 g/mol. The molecule has 0 saturated carbocycles. The van der Waals surface area contributed by atoms with Gasteiger partial charge in [0.2, 0.25) is 0 Å². The normalized spacial score (nSPS) is 19.4. The van der Waals surface area contributed by atoms with Gasteiger partial charge in [0.1, 0.15) is 0 Å². The van der Waals surface area contributed by atoms with Crippen molar-refractivity contribution in [2.24, 2.45) is 0 Å². The lowest BCUT2D eigenvalue weighted by Crippen LogP contribution is -2.47. The van der Waals surface area contributed by atoms with E-state index in [1.165, 1.54) is 5.56 Å². The quantitative estimate of drug-likeness (QED) is 0.769. The van der Waals surface area contributed by atoms with Gasteiger partial charge >= 0.3 is 6.03 Å². The van der Waals surface area contributed by atoms with Crippen LogP contribution in [-0.4, -0.2) is 66.9 Å². The molecular formula is C22H30N4O2. The molecular weight excluding hydrogens is 352 g/mol. The summed E-state index contributed by atoms with van der Waals surface area (Å²) in [6.07, 6.45) is 1.69. The molecule has 28 heavy (non-hydrogen) atoms. The van der Waals surface area contributed by atoms with Gasteiger partial charge in [-0.1, -0.05) is 18.2 Å². The van der Waals surface area contributed by atoms with Gasteiger partial charge in [-0.3, -0.25) is 9.69 Å². The fourth-order valence-electron chi connectivity index (χ4n) is 3.90. The minimum atomic E-state index is -0.417. The van der Waals surface area contributed by atoms with Crippen molar-refractivity contribution in [1.82, 2.24) is 20.0 Å². The first-order chi connectivity index (χ1) is 13.2. The number of hydrogen-bond donors (Lipinski definition) is 1. The molecule has 0 bridgehead atoms. The Kier molecular flexibility index (Phi) is 5.61. The fraction of sp³-hybridized carbons (Fsp3) is 0.455. The Morgan fingerprint density at radius 1 is 1.18 bits per heavy atom. The molecule has 0 fully saturated rings. The second-order valence-corrected chi connectivity index (χ2v) is 7.97. The summed E-state index contributed by atoms with van der Waals surface area (Å²) in [4.78, 5) is 31.7. The molecule has 3 rings (SSSR count). The number of nitrogens with one attached hydrogen (secondary N) is 1. The van der Waals surface area contributed by atoms with Crippen LogP contribution in [0.2, 0.25) is 0 Å². The highest BCUT2D eigenvalue weighted by atomic mass is 16.2.